The van der Waals surface area contributed by atoms with E-state index in [2.05, 4.69) is 45.9 Å². The van der Waals surface area contributed by atoms with E-state index < -0.39 is 0 Å². The van der Waals surface area contributed by atoms with Crippen LogP contribution in [0.25, 0.3) is 0 Å². The van der Waals surface area contributed by atoms with Gasteiger partial charge in [-0.1, -0.05) is 0 Å². The van der Waals surface area contributed by atoms with Crippen molar-refractivity contribution in [3.63, 3.8) is 0 Å². The fourth-order valence-electron chi connectivity index (χ4n) is 5.38. The Morgan fingerprint density at radius 3 is 1.63 bits per heavy atom. The molecule has 4 fully saturated rings. The third-order valence-electron chi connectivity index (χ3n) is 7.64. The van der Waals surface area contributed by atoms with Crippen molar-refractivity contribution in [1.82, 2.24) is 15.3 Å². The highest BCUT2D eigenvalue weighted by atomic mass is 79.9. The number of nitro groups is 2. The van der Waals surface area contributed by atoms with Crippen LogP contribution < -0.4 is 20.0 Å². The normalized spacial score (nSPS) is 19.0. The zero-order valence-electron chi connectivity index (χ0n) is 24.5. The Morgan fingerprint density at radius 1 is 0.674 bits per heavy atom. The molecular formula is C28H41BrN8O6. The smallest absolute Gasteiger partial charge is 0.310 e. The predicted molar refractivity (Wildman–Crippen MR) is 168 cm³/mol. The maximum atomic E-state index is 11.3. The SMILES string of the molecule is C1COCCN1.O=[N+]([O-])c1cnc(Br)cc1N1CCCCC1.O=[N+]([O-])c1cnc(N2CCOCC2)cc1N1CCCCC1. The summed E-state index contributed by atoms with van der Waals surface area (Å²) in [5.74, 6) is 0.810. The van der Waals surface area contributed by atoms with Crippen LogP contribution >= 0.6 is 15.9 Å². The van der Waals surface area contributed by atoms with E-state index in [1.807, 2.05) is 6.07 Å². The number of pyridine rings is 2. The van der Waals surface area contributed by atoms with Crippen LogP contribution in [0, 0.1) is 20.2 Å². The van der Waals surface area contributed by atoms with Crippen LogP contribution in [-0.2, 0) is 9.47 Å². The third kappa shape index (κ3) is 9.95. The molecule has 0 aromatic carbocycles. The van der Waals surface area contributed by atoms with E-state index in [1.54, 1.807) is 6.07 Å². The molecule has 43 heavy (non-hydrogen) atoms. The standard InChI is InChI=1S/C14H20N4O3.C10H12BrN3O2.C4H9NO/c19-18(20)13-11-15-14(17-6-8-21-9-7-17)10-12(13)16-4-2-1-3-5-16;11-10-6-8(9(7-12-10)14(15)16)13-4-2-1-3-5-13;1-3-6-4-2-5-1/h10-11H,1-9H2;6-7H,1-5H2;5H,1-4H2. The number of hydrogen-bond acceptors (Lipinski definition) is 12. The molecule has 0 aliphatic carbocycles. The Hall–Kier alpha value is -3.14. The number of ether oxygens (including phenoxy) is 2. The van der Waals surface area contributed by atoms with E-state index in [9.17, 15) is 20.2 Å². The molecule has 14 nitrogen and oxygen atoms in total. The Bertz CT molecular complexity index is 1170. The van der Waals surface area contributed by atoms with Crippen molar-refractivity contribution in [3.05, 3.63) is 49.4 Å². The summed E-state index contributed by atoms with van der Waals surface area (Å²) in [7, 11) is 0. The van der Waals surface area contributed by atoms with Crippen LogP contribution in [0.15, 0.2) is 29.1 Å². The quantitative estimate of drug-likeness (QED) is 0.277. The molecule has 0 saturated carbocycles. The maximum absolute atomic E-state index is 11.3. The van der Waals surface area contributed by atoms with Gasteiger partial charge in [-0.25, -0.2) is 9.97 Å². The molecule has 0 unspecified atom stereocenters. The van der Waals surface area contributed by atoms with Crippen molar-refractivity contribution in [2.24, 2.45) is 0 Å². The highest BCUT2D eigenvalue weighted by Crippen LogP contribution is 2.33. The fraction of sp³-hybridized carbons (Fsp3) is 0.643. The molecule has 2 aromatic rings. The second-order valence-corrected chi connectivity index (χ2v) is 11.4. The van der Waals surface area contributed by atoms with Gasteiger partial charge in [0.05, 0.1) is 36.3 Å². The number of aromatic nitrogens is 2. The Kier molecular flexibility index (Phi) is 13.1. The molecule has 236 valence electrons. The van der Waals surface area contributed by atoms with E-state index in [-0.39, 0.29) is 21.2 Å². The van der Waals surface area contributed by atoms with Crippen molar-refractivity contribution in [2.75, 3.05) is 93.5 Å². The van der Waals surface area contributed by atoms with Crippen molar-refractivity contribution in [2.45, 2.75) is 38.5 Å². The molecule has 2 aromatic heterocycles. The van der Waals surface area contributed by atoms with E-state index in [4.69, 9.17) is 9.47 Å². The lowest BCUT2D eigenvalue weighted by Gasteiger charge is -2.31. The summed E-state index contributed by atoms with van der Waals surface area (Å²) >= 11 is 3.25. The van der Waals surface area contributed by atoms with E-state index in [0.29, 0.717) is 29.2 Å². The zero-order valence-corrected chi connectivity index (χ0v) is 26.1. The second kappa shape index (κ2) is 17.2. The van der Waals surface area contributed by atoms with Crippen LogP contribution in [0.2, 0.25) is 0 Å². The first-order valence-corrected chi connectivity index (χ1v) is 15.8. The van der Waals surface area contributed by atoms with E-state index in [0.717, 1.165) is 97.1 Å². The monoisotopic (exact) mass is 664 g/mol. The molecule has 4 aliphatic heterocycles. The van der Waals surface area contributed by atoms with Crippen LogP contribution in [-0.4, -0.2) is 98.6 Å². The molecule has 0 atom stereocenters. The van der Waals surface area contributed by atoms with Crippen LogP contribution in [0.5, 0.6) is 0 Å². The van der Waals surface area contributed by atoms with Crippen LogP contribution in [0.1, 0.15) is 38.5 Å². The molecule has 15 heteroatoms. The first kappa shape index (κ1) is 32.8. The summed E-state index contributed by atoms with van der Waals surface area (Å²) in [4.78, 5) is 35.9. The zero-order chi connectivity index (χ0) is 30.4. The van der Waals surface area contributed by atoms with Crippen LogP contribution in [0.3, 0.4) is 0 Å². The minimum atomic E-state index is -0.372. The van der Waals surface area contributed by atoms with Crippen molar-refractivity contribution < 1.29 is 19.3 Å². The number of rotatable bonds is 5. The lowest BCUT2D eigenvalue weighted by atomic mass is 10.1. The van der Waals surface area contributed by atoms with Gasteiger partial charge in [0, 0.05) is 64.5 Å². The molecule has 0 spiro atoms. The number of hydrogen-bond donors (Lipinski definition) is 1. The Labute approximate surface area is 260 Å². The molecule has 4 saturated heterocycles. The number of nitrogens with zero attached hydrogens (tertiary/aromatic N) is 7. The molecule has 0 radical (unpaired) electrons. The van der Waals surface area contributed by atoms with Gasteiger partial charge in [0.25, 0.3) is 0 Å². The van der Waals surface area contributed by atoms with E-state index >= 15 is 0 Å². The number of morpholine rings is 2. The third-order valence-corrected chi connectivity index (χ3v) is 8.08. The van der Waals surface area contributed by atoms with Gasteiger partial charge >= 0.3 is 11.4 Å². The van der Waals surface area contributed by atoms with Gasteiger partial charge in [-0.15, -0.1) is 0 Å². The lowest BCUT2D eigenvalue weighted by molar-refractivity contribution is -0.384. The summed E-state index contributed by atoms with van der Waals surface area (Å²) in [5.41, 5.74) is 1.57. The maximum Gasteiger partial charge on any atom is 0.310 e. The average Bonchev–Trinajstić information content (AvgIpc) is 3.07. The van der Waals surface area contributed by atoms with Gasteiger partial charge in [0.15, 0.2) is 0 Å². The van der Waals surface area contributed by atoms with Crippen molar-refractivity contribution >= 4 is 44.5 Å². The summed E-state index contributed by atoms with van der Waals surface area (Å²) in [6, 6.07) is 3.60. The van der Waals surface area contributed by atoms with Crippen LogP contribution in [0.4, 0.5) is 28.6 Å². The Balaban J connectivity index is 0.000000169. The molecule has 0 amide bonds. The molecule has 6 heterocycles. The predicted octanol–water partition coefficient (Wildman–Crippen LogP) is 4.17. The number of piperidine rings is 2. The van der Waals surface area contributed by atoms with Gasteiger partial charge in [-0.3, -0.25) is 20.2 Å². The highest BCUT2D eigenvalue weighted by molar-refractivity contribution is 9.10. The minimum Gasteiger partial charge on any atom is -0.379 e. The summed E-state index contributed by atoms with van der Waals surface area (Å²) in [6.07, 6.45) is 9.48. The fourth-order valence-corrected chi connectivity index (χ4v) is 5.70. The first-order valence-electron chi connectivity index (χ1n) is 15.0. The number of halogens is 1. The number of anilines is 3. The minimum absolute atomic E-state index is 0.0881. The summed E-state index contributed by atoms with van der Waals surface area (Å²) in [6.45, 7) is 10.3. The second-order valence-electron chi connectivity index (χ2n) is 10.6. The molecule has 4 aliphatic rings. The summed E-state index contributed by atoms with van der Waals surface area (Å²) in [5, 5.41) is 25.3. The molecule has 6 rings (SSSR count). The van der Waals surface area contributed by atoms with Gasteiger partial charge < -0.3 is 29.5 Å². The van der Waals surface area contributed by atoms with Gasteiger partial charge in [0.1, 0.15) is 34.2 Å². The average molecular weight is 666 g/mol. The van der Waals surface area contributed by atoms with Gasteiger partial charge in [0.2, 0.25) is 0 Å². The Morgan fingerprint density at radius 2 is 1.16 bits per heavy atom. The lowest BCUT2D eigenvalue weighted by Crippen LogP contribution is -2.37. The highest BCUT2D eigenvalue weighted by Gasteiger charge is 2.25. The van der Waals surface area contributed by atoms with Gasteiger partial charge in [-0.05, 0) is 54.5 Å². The summed E-state index contributed by atoms with van der Waals surface area (Å²) < 4.78 is 11.0. The van der Waals surface area contributed by atoms with Crippen molar-refractivity contribution in [3.8, 4) is 0 Å². The molecule has 1 N–H and O–H groups in total. The molecular weight excluding hydrogens is 624 g/mol. The topological polar surface area (TPSA) is 152 Å². The number of nitrogens with one attached hydrogen (secondary N) is 1. The largest absolute Gasteiger partial charge is 0.379 e. The molecule has 0 bridgehead atoms. The first-order chi connectivity index (χ1) is 20.9. The van der Waals surface area contributed by atoms with Gasteiger partial charge in [-0.2, -0.15) is 0 Å². The van der Waals surface area contributed by atoms with Crippen molar-refractivity contribution in [1.29, 1.82) is 0 Å². The van der Waals surface area contributed by atoms with E-state index in [1.165, 1.54) is 25.2 Å².